The van der Waals surface area contributed by atoms with E-state index >= 15 is 0 Å². The quantitative estimate of drug-likeness (QED) is 0.257. The van der Waals surface area contributed by atoms with Gasteiger partial charge in [-0.25, -0.2) is 0 Å². The fourth-order valence-corrected chi connectivity index (χ4v) is 0. The summed E-state index contributed by atoms with van der Waals surface area (Å²) in [5.41, 5.74) is 0. The summed E-state index contributed by atoms with van der Waals surface area (Å²) in [6.07, 6.45) is 0. The molecule has 7 heteroatoms. The van der Waals surface area contributed by atoms with E-state index < -0.39 is 11.6 Å². The largest absolute Gasteiger partial charge is 0.335 e. The molecule has 0 aliphatic rings. The molecule has 0 unspecified atom stereocenters. The lowest BCUT2D eigenvalue weighted by atomic mass is 15.0. The standard InChI is InChI=1S/O2S.2H2O2/c1-3-2;2*1-2/h;2*1-2H. The Hall–Kier alpha value is -0.340. The third kappa shape index (κ3) is 656. The summed E-state index contributed by atoms with van der Waals surface area (Å²) in [5, 5.41) is 24.0. The van der Waals surface area contributed by atoms with E-state index in [-0.39, 0.29) is 0 Å². The van der Waals surface area contributed by atoms with Gasteiger partial charge >= 0.3 is 11.6 Å². The van der Waals surface area contributed by atoms with E-state index in [2.05, 4.69) is 0 Å². The van der Waals surface area contributed by atoms with Gasteiger partial charge in [-0.2, -0.15) is 8.42 Å². The molecule has 0 aliphatic heterocycles. The van der Waals surface area contributed by atoms with Crippen molar-refractivity contribution < 1.29 is 29.4 Å². The van der Waals surface area contributed by atoms with Crippen molar-refractivity contribution in [1.82, 2.24) is 0 Å². The molecule has 0 radical (unpaired) electrons. The summed E-state index contributed by atoms with van der Waals surface area (Å²) >= 11 is -0.750. The lowest BCUT2D eigenvalue weighted by Crippen LogP contribution is -1.29. The van der Waals surface area contributed by atoms with Crippen molar-refractivity contribution in [3.8, 4) is 0 Å². The molecule has 0 aromatic rings. The first kappa shape index (κ1) is 15.9. The number of rotatable bonds is 0. The van der Waals surface area contributed by atoms with Crippen LogP contribution in [0.2, 0.25) is 0 Å². The second kappa shape index (κ2) is 282. The second-order valence-electron chi connectivity index (χ2n) is 0.0680. The normalized spacial score (nSPS) is 3.43. The summed E-state index contributed by atoms with van der Waals surface area (Å²) in [4.78, 5) is 0. The van der Waals surface area contributed by atoms with Crippen molar-refractivity contribution in [3.63, 3.8) is 0 Å². The molecule has 0 aliphatic carbocycles. The van der Waals surface area contributed by atoms with Crippen molar-refractivity contribution in [3.05, 3.63) is 0 Å². The third-order valence-electron chi connectivity index (χ3n) is 0. The number of hydrogen-bond donors (Lipinski definition) is 4. The predicted molar refractivity (Wildman–Crippen MR) is 19.4 cm³/mol. The highest BCUT2D eigenvalue weighted by molar-refractivity contribution is 7.51. The lowest BCUT2D eigenvalue weighted by Gasteiger charge is -1.25. The fourth-order valence-electron chi connectivity index (χ4n) is 0. The van der Waals surface area contributed by atoms with Crippen LogP contribution in [0.15, 0.2) is 0 Å². The predicted octanol–water partition coefficient (Wildman–Crippen LogP) is -0.635. The molecule has 0 heterocycles. The Morgan fingerprint density at radius 2 is 0.857 bits per heavy atom. The maximum absolute atomic E-state index is 8.29. The first-order chi connectivity index (χ1) is 3.41. The second-order valence-corrected chi connectivity index (χ2v) is 0.204. The van der Waals surface area contributed by atoms with Crippen molar-refractivity contribution in [1.29, 1.82) is 0 Å². The van der Waals surface area contributed by atoms with Gasteiger partial charge in [0.15, 0.2) is 0 Å². The van der Waals surface area contributed by atoms with Crippen LogP contribution in [-0.2, 0) is 11.6 Å². The van der Waals surface area contributed by atoms with Gasteiger partial charge in [-0.05, 0) is 0 Å². The molecule has 0 bridgehead atoms. The zero-order valence-corrected chi connectivity index (χ0v) is 3.83. The van der Waals surface area contributed by atoms with Crippen LogP contribution in [0.5, 0.6) is 0 Å². The third-order valence-corrected chi connectivity index (χ3v) is 0. The molecule has 0 spiro atoms. The smallest absolute Gasteiger partial charge is 0.255 e. The first-order valence-electron chi connectivity index (χ1n) is 0.733. The van der Waals surface area contributed by atoms with Crippen molar-refractivity contribution in [2.24, 2.45) is 0 Å². The summed E-state index contributed by atoms with van der Waals surface area (Å²) in [6.45, 7) is 0. The zero-order valence-electron chi connectivity index (χ0n) is 3.01. The molecular weight excluding hydrogens is 128 g/mol. The summed E-state index contributed by atoms with van der Waals surface area (Å²) < 4.78 is 16.6. The highest BCUT2D eigenvalue weighted by Gasteiger charge is 1.12. The maximum atomic E-state index is 8.29. The van der Waals surface area contributed by atoms with Crippen LogP contribution in [0.4, 0.5) is 0 Å². The average Bonchev–Trinajstić information content (AvgIpc) is 1.78. The molecule has 0 saturated heterocycles. The van der Waals surface area contributed by atoms with E-state index in [9.17, 15) is 0 Å². The van der Waals surface area contributed by atoms with Gasteiger partial charge in [0.2, 0.25) is 0 Å². The zero-order chi connectivity index (χ0) is 6.71. The van der Waals surface area contributed by atoms with E-state index in [1.165, 1.54) is 0 Å². The van der Waals surface area contributed by atoms with Crippen molar-refractivity contribution in [2.75, 3.05) is 0 Å². The first-order valence-corrected chi connectivity index (χ1v) is 1.40. The highest BCUT2D eigenvalue weighted by atomic mass is 32.1. The SMILES string of the molecule is O=S=O.OO.OO. The van der Waals surface area contributed by atoms with E-state index in [1.807, 2.05) is 0 Å². The van der Waals surface area contributed by atoms with E-state index in [4.69, 9.17) is 29.4 Å². The minimum Gasteiger partial charge on any atom is -0.255 e. The Labute approximate surface area is 42.1 Å². The van der Waals surface area contributed by atoms with Gasteiger partial charge in [0, 0.05) is 0 Å². The Morgan fingerprint density at radius 3 is 0.857 bits per heavy atom. The number of hydrogen-bond acceptors (Lipinski definition) is 6. The Balaban J connectivity index is -0.0000000360. The molecule has 0 aromatic heterocycles. The minimum atomic E-state index is -0.750. The van der Waals surface area contributed by atoms with Crippen LogP contribution in [-0.4, -0.2) is 29.4 Å². The molecule has 4 N–H and O–H groups in total. The van der Waals surface area contributed by atoms with Gasteiger partial charge in [-0.1, -0.05) is 0 Å². The molecule has 0 aromatic carbocycles. The summed E-state index contributed by atoms with van der Waals surface area (Å²) in [5.74, 6) is 0. The van der Waals surface area contributed by atoms with E-state index in [1.54, 1.807) is 0 Å². The van der Waals surface area contributed by atoms with Gasteiger partial charge in [-0.3, -0.25) is 21.0 Å². The average molecular weight is 132 g/mol. The summed E-state index contributed by atoms with van der Waals surface area (Å²) in [6, 6.07) is 0. The van der Waals surface area contributed by atoms with Gasteiger partial charge in [0.25, 0.3) is 0 Å². The van der Waals surface area contributed by atoms with Crippen LogP contribution in [0.25, 0.3) is 0 Å². The van der Waals surface area contributed by atoms with Crippen LogP contribution in [0, 0.1) is 0 Å². The van der Waals surface area contributed by atoms with Crippen LogP contribution in [0.3, 0.4) is 0 Å². The van der Waals surface area contributed by atoms with Gasteiger partial charge in [0.1, 0.15) is 0 Å². The molecule has 0 rings (SSSR count). The molecule has 7 heavy (non-hydrogen) atoms. The molecule has 46 valence electrons. The Kier molecular flexibility index (Phi) is 642. The van der Waals surface area contributed by atoms with Crippen LogP contribution >= 0.6 is 0 Å². The molecule has 6 nitrogen and oxygen atoms in total. The van der Waals surface area contributed by atoms with Gasteiger partial charge < -0.3 is 0 Å². The monoisotopic (exact) mass is 132 g/mol. The Morgan fingerprint density at radius 1 is 0.857 bits per heavy atom. The highest BCUT2D eigenvalue weighted by Crippen LogP contribution is 0.846. The van der Waals surface area contributed by atoms with Crippen LogP contribution < -0.4 is 0 Å². The molecule has 0 atom stereocenters. The van der Waals surface area contributed by atoms with Crippen molar-refractivity contribution in [2.45, 2.75) is 0 Å². The molecular formula is H4O6S. The van der Waals surface area contributed by atoms with Crippen molar-refractivity contribution >= 4 is 11.6 Å². The molecule has 0 saturated carbocycles. The van der Waals surface area contributed by atoms with E-state index in [0.717, 1.165) is 0 Å². The Bertz CT molecular complexity index is 25.2. The van der Waals surface area contributed by atoms with Crippen LogP contribution in [0.1, 0.15) is 0 Å². The fraction of sp³-hybridized carbons (Fsp3) is 0. The lowest BCUT2D eigenvalue weighted by molar-refractivity contribution is -0.176. The summed E-state index contributed by atoms with van der Waals surface area (Å²) in [7, 11) is 0. The van der Waals surface area contributed by atoms with E-state index in [0.29, 0.717) is 0 Å². The topological polar surface area (TPSA) is 115 Å². The molecule has 0 amide bonds. The van der Waals surface area contributed by atoms with Gasteiger partial charge in [0.05, 0.1) is 0 Å². The maximum Gasteiger partial charge on any atom is 0.335 e. The molecule has 0 fully saturated rings. The minimum absolute atomic E-state index is 0.750. The van der Waals surface area contributed by atoms with Gasteiger partial charge in [-0.15, -0.1) is 0 Å².